The first-order chi connectivity index (χ1) is 4.83. The molecule has 0 heterocycles. The third kappa shape index (κ3) is 5.75. The van der Waals surface area contributed by atoms with Gasteiger partial charge in [-0.2, -0.15) is 0 Å². The molecule has 0 unspecified atom stereocenters. The van der Waals surface area contributed by atoms with Crippen LogP contribution in [0.25, 0.3) is 0 Å². The largest absolute Gasteiger partial charge is 0.478 e. The van der Waals surface area contributed by atoms with Gasteiger partial charge in [-0.25, -0.2) is 0 Å². The van der Waals surface area contributed by atoms with Gasteiger partial charge < -0.3 is 17.8 Å². The number of amides is 1. The zero-order chi connectivity index (χ0) is 9.07. The van der Waals surface area contributed by atoms with Crippen molar-refractivity contribution in [2.75, 3.05) is 14.1 Å². The molecule has 11 heavy (non-hydrogen) atoms. The average Bonchev–Trinajstić information content (AvgIpc) is 1.80. The van der Waals surface area contributed by atoms with Crippen LogP contribution in [0.3, 0.4) is 0 Å². The third-order valence-electron chi connectivity index (χ3n) is 1.18. The van der Waals surface area contributed by atoms with Gasteiger partial charge >= 0.3 is 6.98 Å². The lowest BCUT2D eigenvalue weighted by molar-refractivity contribution is -0.128. The number of rotatable bonds is 3. The maximum atomic E-state index is 11.6. The molecule has 2 nitrogen and oxygen atoms in total. The highest BCUT2D eigenvalue weighted by Gasteiger charge is 2.23. The first kappa shape index (κ1) is 10.3. The predicted octanol–water partition coefficient (Wildman–Crippen LogP) is 1.31. The van der Waals surface area contributed by atoms with Crippen LogP contribution >= 0.6 is 0 Å². The number of nitrogens with zero attached hydrogens (tertiary/aromatic N) is 1. The molecule has 0 aromatic carbocycles. The lowest BCUT2D eigenvalue weighted by atomic mass is 9.84. The Balaban J connectivity index is 3.64. The smallest absolute Gasteiger partial charge is 0.449 e. The monoisotopic (exact) mass is 168 g/mol. The summed E-state index contributed by atoms with van der Waals surface area (Å²) in [5.41, 5.74) is 0. The Kier molecular flexibility index (Phi) is 3.42. The summed E-state index contributed by atoms with van der Waals surface area (Å²) in [6.45, 7) is -4.81. The van der Waals surface area contributed by atoms with Crippen LogP contribution in [0.15, 0.2) is 0 Å². The van der Waals surface area contributed by atoms with Crippen molar-refractivity contribution in [1.82, 2.24) is 4.90 Å². The molecule has 0 atom stereocenters. The molecule has 1 amide bonds. The topological polar surface area (TPSA) is 20.3 Å². The summed E-state index contributed by atoms with van der Waals surface area (Å²) in [5.74, 6) is -0.482. The fourth-order valence-corrected chi connectivity index (χ4v) is 0.511. The standard InChI is InChI=1S/C5H10BF3NO/c1-10(2)5(11)3-4-6(7,8)9/h3-4H2,1-2H3/q-1. The first-order valence-corrected chi connectivity index (χ1v) is 3.24. The Hall–Kier alpha value is -0.675. The molecule has 0 N–H and O–H groups in total. The van der Waals surface area contributed by atoms with Gasteiger partial charge in [0.15, 0.2) is 0 Å². The quantitative estimate of drug-likeness (QED) is 0.581. The Labute approximate surface area is 63.4 Å². The van der Waals surface area contributed by atoms with Gasteiger partial charge in [0.25, 0.3) is 0 Å². The van der Waals surface area contributed by atoms with Gasteiger partial charge in [0, 0.05) is 20.5 Å². The molecule has 0 radical (unpaired) electrons. The van der Waals surface area contributed by atoms with Crippen LogP contribution in [-0.2, 0) is 4.79 Å². The van der Waals surface area contributed by atoms with Crippen molar-refractivity contribution in [1.29, 1.82) is 0 Å². The van der Waals surface area contributed by atoms with Crippen molar-refractivity contribution in [3.8, 4) is 0 Å². The maximum absolute atomic E-state index is 11.6. The lowest BCUT2D eigenvalue weighted by Crippen LogP contribution is -2.24. The molecular weight excluding hydrogens is 158 g/mol. The van der Waals surface area contributed by atoms with Crippen molar-refractivity contribution >= 4 is 12.9 Å². The molecule has 0 rings (SSSR count). The van der Waals surface area contributed by atoms with E-state index < -0.39 is 25.6 Å². The summed E-state index contributed by atoms with van der Waals surface area (Å²) in [7, 11) is 2.87. The minimum atomic E-state index is -4.81. The Morgan fingerprint density at radius 1 is 1.36 bits per heavy atom. The van der Waals surface area contributed by atoms with E-state index in [2.05, 4.69) is 0 Å². The molecule has 0 aliphatic heterocycles. The highest BCUT2D eigenvalue weighted by molar-refractivity contribution is 6.58. The van der Waals surface area contributed by atoms with Crippen LogP contribution < -0.4 is 0 Å². The van der Waals surface area contributed by atoms with Gasteiger partial charge in [0.05, 0.1) is 0 Å². The molecule has 0 spiro atoms. The maximum Gasteiger partial charge on any atom is 0.478 e. The molecular formula is C5H10BF3NO-. The zero-order valence-corrected chi connectivity index (χ0v) is 6.48. The molecule has 0 aliphatic rings. The average molecular weight is 168 g/mol. The minimum absolute atomic E-state index is 0.434. The van der Waals surface area contributed by atoms with E-state index in [1.165, 1.54) is 14.1 Å². The SMILES string of the molecule is CN(C)C(=O)CC[B-](F)(F)F. The Morgan fingerprint density at radius 3 is 2.09 bits per heavy atom. The second kappa shape index (κ2) is 3.64. The summed E-state index contributed by atoms with van der Waals surface area (Å²) in [4.78, 5) is 11.8. The van der Waals surface area contributed by atoms with Gasteiger partial charge in [-0.05, 0) is 0 Å². The van der Waals surface area contributed by atoms with E-state index in [9.17, 15) is 17.7 Å². The van der Waals surface area contributed by atoms with E-state index in [4.69, 9.17) is 0 Å². The molecule has 0 aliphatic carbocycles. The van der Waals surface area contributed by atoms with Crippen molar-refractivity contribution in [3.63, 3.8) is 0 Å². The normalized spacial score (nSPS) is 11.4. The summed E-state index contributed by atoms with van der Waals surface area (Å²) >= 11 is 0. The van der Waals surface area contributed by atoms with Crippen LogP contribution in [0, 0.1) is 0 Å². The van der Waals surface area contributed by atoms with Gasteiger partial charge in [-0.15, -0.1) is 0 Å². The molecule has 0 aromatic rings. The molecule has 66 valence electrons. The zero-order valence-electron chi connectivity index (χ0n) is 6.48. The summed E-state index contributed by atoms with van der Waals surface area (Å²) in [6, 6.07) is 0. The van der Waals surface area contributed by atoms with E-state index in [1.54, 1.807) is 0 Å². The number of carbonyl (C=O) groups excluding carboxylic acids is 1. The molecule has 0 fully saturated rings. The second-order valence-corrected chi connectivity index (χ2v) is 2.54. The molecule has 6 heteroatoms. The highest BCUT2D eigenvalue weighted by atomic mass is 19.4. The summed E-state index contributed by atoms with van der Waals surface area (Å²) < 4.78 is 34.7. The van der Waals surface area contributed by atoms with Gasteiger partial charge in [0.2, 0.25) is 5.91 Å². The van der Waals surface area contributed by atoms with Crippen LogP contribution in [0.2, 0.25) is 6.32 Å². The summed E-state index contributed by atoms with van der Waals surface area (Å²) in [6.07, 6.45) is -1.41. The van der Waals surface area contributed by atoms with Crippen molar-refractivity contribution in [3.05, 3.63) is 0 Å². The van der Waals surface area contributed by atoms with Crippen molar-refractivity contribution < 1.29 is 17.7 Å². The summed E-state index contributed by atoms with van der Waals surface area (Å²) in [5, 5.41) is 0. The van der Waals surface area contributed by atoms with Crippen LogP contribution in [0.1, 0.15) is 6.42 Å². The number of hydrogen-bond acceptors (Lipinski definition) is 1. The predicted molar refractivity (Wildman–Crippen MR) is 37.2 cm³/mol. The van der Waals surface area contributed by atoms with Gasteiger partial charge in [0.1, 0.15) is 0 Å². The van der Waals surface area contributed by atoms with E-state index >= 15 is 0 Å². The van der Waals surface area contributed by atoms with E-state index in [1.807, 2.05) is 0 Å². The first-order valence-electron chi connectivity index (χ1n) is 3.24. The molecule has 0 aromatic heterocycles. The number of halogens is 3. The molecule has 0 saturated carbocycles. The van der Waals surface area contributed by atoms with Crippen molar-refractivity contribution in [2.24, 2.45) is 0 Å². The molecule has 0 saturated heterocycles. The Morgan fingerprint density at radius 2 is 1.82 bits per heavy atom. The van der Waals surface area contributed by atoms with Gasteiger partial charge in [-0.1, -0.05) is 6.32 Å². The fourth-order valence-electron chi connectivity index (χ4n) is 0.511. The van der Waals surface area contributed by atoms with E-state index in [-0.39, 0.29) is 0 Å². The van der Waals surface area contributed by atoms with Crippen LogP contribution in [-0.4, -0.2) is 31.9 Å². The second-order valence-electron chi connectivity index (χ2n) is 2.54. The third-order valence-corrected chi connectivity index (χ3v) is 1.18. The minimum Gasteiger partial charge on any atom is -0.449 e. The van der Waals surface area contributed by atoms with Crippen LogP contribution in [0.4, 0.5) is 12.9 Å². The highest BCUT2D eigenvalue weighted by Crippen LogP contribution is 2.16. The van der Waals surface area contributed by atoms with Gasteiger partial charge in [-0.3, -0.25) is 4.79 Å². The van der Waals surface area contributed by atoms with E-state index in [0.717, 1.165) is 4.90 Å². The van der Waals surface area contributed by atoms with Crippen molar-refractivity contribution in [2.45, 2.75) is 12.7 Å². The van der Waals surface area contributed by atoms with E-state index in [0.29, 0.717) is 0 Å². The number of hydrogen-bond donors (Lipinski definition) is 0. The fraction of sp³-hybridized carbons (Fsp3) is 0.800. The van der Waals surface area contributed by atoms with Crippen LogP contribution in [0.5, 0.6) is 0 Å². The Bertz CT molecular complexity index is 145. The lowest BCUT2D eigenvalue weighted by Gasteiger charge is -2.15. The number of carbonyl (C=O) groups is 1. The molecule has 0 bridgehead atoms.